The van der Waals surface area contributed by atoms with E-state index in [1.54, 1.807) is 0 Å². The first kappa shape index (κ1) is 13.4. The Morgan fingerprint density at radius 1 is 1.22 bits per heavy atom. The Hall–Kier alpha value is -1.02. The van der Waals surface area contributed by atoms with Gasteiger partial charge < -0.3 is 9.84 Å². The fourth-order valence-electron chi connectivity index (χ4n) is 2.85. The molecule has 1 aromatic carbocycles. The summed E-state index contributed by atoms with van der Waals surface area (Å²) in [7, 11) is 0. The maximum atomic E-state index is 10.5. The van der Waals surface area contributed by atoms with Gasteiger partial charge in [0.05, 0.1) is 12.7 Å². The molecule has 1 aliphatic rings. The van der Waals surface area contributed by atoms with Crippen LogP contribution in [0, 0.1) is 5.92 Å². The molecular formula is C16H24O2. The Bertz CT molecular complexity index is 354. The van der Waals surface area contributed by atoms with Crippen LogP contribution in [0.15, 0.2) is 24.3 Å². The third kappa shape index (κ3) is 3.49. The predicted molar refractivity (Wildman–Crippen MR) is 73.8 cm³/mol. The number of aliphatic hydroxyl groups excluding tert-OH is 1. The summed E-state index contributed by atoms with van der Waals surface area (Å²) in [5.74, 6) is 1.28. The van der Waals surface area contributed by atoms with E-state index in [4.69, 9.17) is 4.74 Å². The molecule has 0 aromatic heterocycles. The molecule has 0 amide bonds. The van der Waals surface area contributed by atoms with Gasteiger partial charge in [-0.1, -0.05) is 37.8 Å². The van der Waals surface area contributed by atoms with Gasteiger partial charge in [-0.15, -0.1) is 0 Å². The van der Waals surface area contributed by atoms with E-state index in [-0.39, 0.29) is 6.10 Å². The maximum Gasteiger partial charge on any atom is 0.119 e. The predicted octanol–water partition coefficient (Wildman–Crippen LogP) is 4.09. The zero-order valence-corrected chi connectivity index (χ0v) is 11.3. The largest absolute Gasteiger partial charge is 0.494 e. The summed E-state index contributed by atoms with van der Waals surface area (Å²) >= 11 is 0. The van der Waals surface area contributed by atoms with Crippen molar-refractivity contribution in [1.29, 1.82) is 0 Å². The van der Waals surface area contributed by atoms with Gasteiger partial charge >= 0.3 is 0 Å². The smallest absolute Gasteiger partial charge is 0.119 e. The molecule has 0 spiro atoms. The highest BCUT2D eigenvalue weighted by Gasteiger charge is 2.22. The number of ether oxygens (including phenoxy) is 1. The minimum atomic E-state index is -0.330. The Morgan fingerprint density at radius 3 is 2.61 bits per heavy atom. The van der Waals surface area contributed by atoms with Crippen LogP contribution in [0.1, 0.15) is 57.1 Å². The molecule has 0 aliphatic heterocycles. The molecule has 1 fully saturated rings. The fraction of sp³-hybridized carbons (Fsp3) is 0.625. The van der Waals surface area contributed by atoms with Gasteiger partial charge in [0, 0.05) is 0 Å². The van der Waals surface area contributed by atoms with Crippen molar-refractivity contribution in [3.8, 4) is 5.75 Å². The lowest BCUT2D eigenvalue weighted by molar-refractivity contribution is 0.0985. The summed E-state index contributed by atoms with van der Waals surface area (Å²) in [6.45, 7) is 2.65. The van der Waals surface area contributed by atoms with Crippen LogP contribution in [0.4, 0.5) is 0 Å². The summed E-state index contributed by atoms with van der Waals surface area (Å²) in [6.07, 6.45) is 7.13. The monoisotopic (exact) mass is 248 g/mol. The van der Waals surface area contributed by atoms with Crippen molar-refractivity contribution in [1.82, 2.24) is 0 Å². The van der Waals surface area contributed by atoms with E-state index in [9.17, 15) is 5.11 Å². The van der Waals surface area contributed by atoms with Crippen molar-refractivity contribution in [2.75, 3.05) is 6.61 Å². The average Bonchev–Trinajstić information content (AvgIpc) is 2.67. The molecule has 2 heteroatoms. The van der Waals surface area contributed by atoms with Crippen molar-refractivity contribution in [3.63, 3.8) is 0 Å². The van der Waals surface area contributed by atoms with Crippen LogP contribution >= 0.6 is 0 Å². The zero-order valence-electron chi connectivity index (χ0n) is 11.3. The minimum Gasteiger partial charge on any atom is -0.494 e. The van der Waals surface area contributed by atoms with Gasteiger partial charge in [0.25, 0.3) is 0 Å². The Kier molecular flexibility index (Phi) is 5.06. The van der Waals surface area contributed by atoms with Crippen LogP contribution in [0.25, 0.3) is 0 Å². The minimum absolute atomic E-state index is 0.330. The summed E-state index contributed by atoms with van der Waals surface area (Å²) in [4.78, 5) is 0. The molecule has 2 nitrogen and oxygen atoms in total. The first-order valence-corrected chi connectivity index (χ1v) is 7.22. The number of hydrogen-bond acceptors (Lipinski definition) is 2. The van der Waals surface area contributed by atoms with E-state index in [2.05, 4.69) is 0 Å². The van der Waals surface area contributed by atoms with Crippen LogP contribution in [0.5, 0.6) is 5.75 Å². The lowest BCUT2D eigenvalue weighted by Gasteiger charge is -2.22. The molecule has 1 aliphatic carbocycles. The lowest BCUT2D eigenvalue weighted by atomic mass is 9.89. The molecule has 0 bridgehead atoms. The van der Waals surface area contributed by atoms with Crippen molar-refractivity contribution in [3.05, 3.63) is 29.8 Å². The molecule has 1 saturated carbocycles. The third-order valence-electron chi connectivity index (χ3n) is 3.86. The standard InChI is InChI=1S/C16H24O2/c1-2-18-15-11-7-10-14(12-15)16(17)13-8-5-3-4-6-9-13/h7,10-13,16-17H,2-6,8-9H2,1H3. The van der Waals surface area contributed by atoms with Crippen molar-refractivity contribution < 1.29 is 9.84 Å². The molecule has 18 heavy (non-hydrogen) atoms. The molecular weight excluding hydrogens is 224 g/mol. The van der Waals surface area contributed by atoms with E-state index >= 15 is 0 Å². The van der Waals surface area contributed by atoms with Crippen LogP contribution in [0.3, 0.4) is 0 Å². The topological polar surface area (TPSA) is 29.5 Å². The second-order valence-corrected chi connectivity index (χ2v) is 5.20. The lowest BCUT2D eigenvalue weighted by Crippen LogP contribution is -2.12. The number of aliphatic hydroxyl groups is 1. The first-order chi connectivity index (χ1) is 8.81. The SMILES string of the molecule is CCOc1cccc(C(O)C2CCCCCC2)c1. The molecule has 2 rings (SSSR count). The van der Waals surface area contributed by atoms with Gasteiger partial charge in [-0.2, -0.15) is 0 Å². The molecule has 0 radical (unpaired) electrons. The van der Waals surface area contributed by atoms with E-state index in [1.165, 1.54) is 25.7 Å². The summed E-state index contributed by atoms with van der Waals surface area (Å²) in [5, 5.41) is 10.5. The van der Waals surface area contributed by atoms with Gasteiger partial charge in [0.15, 0.2) is 0 Å². The van der Waals surface area contributed by atoms with Gasteiger partial charge in [-0.3, -0.25) is 0 Å². The van der Waals surface area contributed by atoms with E-state index in [1.807, 2.05) is 31.2 Å². The van der Waals surface area contributed by atoms with Gasteiger partial charge in [-0.05, 0) is 43.4 Å². The van der Waals surface area contributed by atoms with Gasteiger partial charge in [0.1, 0.15) is 5.75 Å². The molecule has 0 heterocycles. The first-order valence-electron chi connectivity index (χ1n) is 7.22. The van der Waals surface area contributed by atoms with Gasteiger partial charge in [0.2, 0.25) is 0 Å². The fourth-order valence-corrected chi connectivity index (χ4v) is 2.85. The van der Waals surface area contributed by atoms with Crippen LogP contribution in [-0.4, -0.2) is 11.7 Å². The van der Waals surface area contributed by atoms with Crippen LogP contribution in [0.2, 0.25) is 0 Å². The molecule has 0 saturated heterocycles. The van der Waals surface area contributed by atoms with Crippen LogP contribution < -0.4 is 4.74 Å². The number of rotatable bonds is 4. The second kappa shape index (κ2) is 6.79. The van der Waals surface area contributed by atoms with E-state index in [0.29, 0.717) is 12.5 Å². The molecule has 1 N–H and O–H groups in total. The Balaban J connectivity index is 2.06. The second-order valence-electron chi connectivity index (χ2n) is 5.20. The average molecular weight is 248 g/mol. The normalized spacial score (nSPS) is 19.2. The molecule has 1 unspecified atom stereocenters. The van der Waals surface area contributed by atoms with Crippen molar-refractivity contribution >= 4 is 0 Å². The van der Waals surface area contributed by atoms with E-state index in [0.717, 1.165) is 24.2 Å². The molecule has 100 valence electrons. The summed E-state index contributed by atoms with van der Waals surface area (Å²) < 4.78 is 5.50. The van der Waals surface area contributed by atoms with E-state index < -0.39 is 0 Å². The number of hydrogen-bond donors (Lipinski definition) is 1. The highest BCUT2D eigenvalue weighted by Crippen LogP contribution is 2.34. The molecule has 1 atom stereocenters. The summed E-state index contributed by atoms with van der Waals surface area (Å²) in [6, 6.07) is 7.92. The Morgan fingerprint density at radius 2 is 1.94 bits per heavy atom. The van der Waals surface area contributed by atoms with Crippen molar-refractivity contribution in [2.24, 2.45) is 5.92 Å². The quantitative estimate of drug-likeness (QED) is 0.813. The van der Waals surface area contributed by atoms with Crippen molar-refractivity contribution in [2.45, 2.75) is 51.6 Å². The Labute approximate surface area is 110 Å². The third-order valence-corrected chi connectivity index (χ3v) is 3.86. The number of benzene rings is 1. The highest BCUT2D eigenvalue weighted by atomic mass is 16.5. The van der Waals surface area contributed by atoms with Crippen LogP contribution in [-0.2, 0) is 0 Å². The summed E-state index contributed by atoms with van der Waals surface area (Å²) in [5.41, 5.74) is 1.01. The highest BCUT2D eigenvalue weighted by molar-refractivity contribution is 5.30. The molecule has 1 aromatic rings. The maximum absolute atomic E-state index is 10.5. The van der Waals surface area contributed by atoms with Gasteiger partial charge in [-0.25, -0.2) is 0 Å². The zero-order chi connectivity index (χ0) is 12.8.